The van der Waals surface area contributed by atoms with E-state index in [0.29, 0.717) is 0 Å². The molecule has 1 aliphatic carbocycles. The van der Waals surface area contributed by atoms with Crippen LogP contribution in [0, 0.1) is 11.8 Å². The van der Waals surface area contributed by atoms with Gasteiger partial charge in [0.25, 0.3) is 0 Å². The summed E-state index contributed by atoms with van der Waals surface area (Å²) < 4.78 is 0. The third-order valence-corrected chi connectivity index (χ3v) is 1.89. The molecule has 0 aromatic heterocycles. The monoisotopic (exact) mass is 156 g/mol. The molecule has 0 amide bonds. The average molecular weight is 156 g/mol. The Bertz CT molecular complexity index is 65.4. The molecule has 0 nitrogen and oxygen atoms in total. The molecular weight excluding hydrogens is 132 g/mol. The minimum absolute atomic E-state index is 0.833. The fraction of sp³-hybridized carbons (Fsp3) is 1.00. The Morgan fingerprint density at radius 1 is 0.909 bits per heavy atom. The highest BCUT2D eigenvalue weighted by Crippen LogP contribution is 2.21. The van der Waals surface area contributed by atoms with Crippen molar-refractivity contribution in [3.05, 3.63) is 0 Å². The molecule has 1 saturated carbocycles. The van der Waals surface area contributed by atoms with E-state index >= 15 is 0 Å². The highest BCUT2D eigenvalue weighted by atomic mass is 14.1. The van der Waals surface area contributed by atoms with Crippen molar-refractivity contribution in [3.63, 3.8) is 0 Å². The van der Waals surface area contributed by atoms with E-state index in [1.54, 1.807) is 0 Å². The van der Waals surface area contributed by atoms with Crippen LogP contribution in [0.5, 0.6) is 0 Å². The summed E-state index contributed by atoms with van der Waals surface area (Å²) in [5.74, 6) is 1.87. The lowest BCUT2D eigenvalue weighted by Crippen LogP contribution is -1.99. The van der Waals surface area contributed by atoms with Crippen LogP contribution in [0.2, 0.25) is 0 Å². The van der Waals surface area contributed by atoms with Crippen LogP contribution in [0.25, 0.3) is 0 Å². The average Bonchev–Trinajstić information content (AvgIpc) is 1.87. The third kappa shape index (κ3) is 10.0. The molecular formula is C11H24. The predicted octanol–water partition coefficient (Wildman–Crippen LogP) is 4.25. The first-order chi connectivity index (χ1) is 5.13. The van der Waals surface area contributed by atoms with Crippen LogP contribution >= 0.6 is 0 Å². The second-order valence-corrected chi connectivity index (χ2v) is 4.48. The molecule has 1 aliphatic rings. The molecule has 68 valence electrons. The molecule has 0 aromatic rings. The first kappa shape index (κ1) is 11.0. The molecule has 0 unspecified atom stereocenters. The first-order valence-electron chi connectivity index (χ1n) is 5.13. The van der Waals surface area contributed by atoms with Gasteiger partial charge in [0.15, 0.2) is 0 Å². The highest BCUT2D eigenvalue weighted by molar-refractivity contribution is 4.59. The van der Waals surface area contributed by atoms with E-state index < -0.39 is 0 Å². The molecule has 0 heteroatoms. The maximum absolute atomic E-state index is 2.36. The van der Waals surface area contributed by atoms with Gasteiger partial charge in [0.2, 0.25) is 0 Å². The lowest BCUT2D eigenvalue weighted by Gasteiger charge is -2.15. The lowest BCUT2D eigenvalue weighted by molar-refractivity contribution is 0.385. The van der Waals surface area contributed by atoms with Crippen molar-refractivity contribution in [1.29, 1.82) is 0 Å². The van der Waals surface area contributed by atoms with Crippen LogP contribution in [0.1, 0.15) is 59.8 Å². The molecule has 1 rings (SSSR count). The van der Waals surface area contributed by atoms with Crippen molar-refractivity contribution in [2.24, 2.45) is 11.8 Å². The normalized spacial score (nSPS) is 19.4. The van der Waals surface area contributed by atoms with Gasteiger partial charge in [-0.15, -0.1) is 0 Å². The van der Waals surface area contributed by atoms with Crippen molar-refractivity contribution >= 4 is 0 Å². The SMILES string of the molecule is CC(C)C.CC1CCCCC1. The van der Waals surface area contributed by atoms with E-state index in [9.17, 15) is 0 Å². The Morgan fingerprint density at radius 2 is 1.27 bits per heavy atom. The van der Waals surface area contributed by atoms with Gasteiger partial charge in [0.05, 0.1) is 0 Å². The van der Waals surface area contributed by atoms with Gasteiger partial charge in [-0.05, 0) is 11.8 Å². The van der Waals surface area contributed by atoms with Gasteiger partial charge in [0, 0.05) is 0 Å². The molecule has 0 saturated heterocycles. The van der Waals surface area contributed by atoms with Crippen LogP contribution in [-0.4, -0.2) is 0 Å². The second-order valence-electron chi connectivity index (χ2n) is 4.48. The van der Waals surface area contributed by atoms with Crippen LogP contribution in [-0.2, 0) is 0 Å². The Hall–Kier alpha value is 0. The van der Waals surface area contributed by atoms with Crippen LogP contribution in [0.4, 0.5) is 0 Å². The Balaban J connectivity index is 0.000000218. The maximum Gasteiger partial charge on any atom is -0.0443 e. The molecule has 0 bridgehead atoms. The summed E-state index contributed by atoms with van der Waals surface area (Å²) in [5, 5.41) is 0. The zero-order chi connectivity index (χ0) is 8.69. The van der Waals surface area contributed by atoms with E-state index in [4.69, 9.17) is 0 Å². The zero-order valence-corrected chi connectivity index (χ0v) is 8.69. The molecule has 0 aliphatic heterocycles. The summed E-state index contributed by atoms with van der Waals surface area (Å²) in [6, 6.07) is 0. The number of hydrogen-bond donors (Lipinski definition) is 0. The predicted molar refractivity (Wildman–Crippen MR) is 52.8 cm³/mol. The summed E-state index contributed by atoms with van der Waals surface area (Å²) >= 11 is 0. The summed E-state index contributed by atoms with van der Waals surface area (Å²) in [4.78, 5) is 0. The fourth-order valence-corrected chi connectivity index (χ4v) is 1.31. The van der Waals surface area contributed by atoms with Gasteiger partial charge in [-0.25, -0.2) is 0 Å². The van der Waals surface area contributed by atoms with Gasteiger partial charge in [-0.1, -0.05) is 59.8 Å². The summed E-state index contributed by atoms with van der Waals surface area (Å²) in [7, 11) is 0. The van der Waals surface area contributed by atoms with Gasteiger partial charge in [-0.3, -0.25) is 0 Å². The lowest BCUT2D eigenvalue weighted by atomic mass is 9.91. The zero-order valence-electron chi connectivity index (χ0n) is 8.69. The van der Waals surface area contributed by atoms with Gasteiger partial charge >= 0.3 is 0 Å². The molecule has 0 atom stereocenters. The smallest absolute Gasteiger partial charge is 0.0443 e. The van der Waals surface area contributed by atoms with Gasteiger partial charge in [-0.2, -0.15) is 0 Å². The molecule has 0 heterocycles. The van der Waals surface area contributed by atoms with Gasteiger partial charge < -0.3 is 0 Å². The highest BCUT2D eigenvalue weighted by Gasteiger charge is 2.05. The van der Waals surface area contributed by atoms with Crippen LogP contribution < -0.4 is 0 Å². The summed E-state index contributed by atoms with van der Waals surface area (Å²) in [6.07, 6.45) is 7.44. The molecule has 11 heavy (non-hydrogen) atoms. The minimum atomic E-state index is 0.833. The van der Waals surface area contributed by atoms with E-state index in [-0.39, 0.29) is 0 Å². The molecule has 0 spiro atoms. The second kappa shape index (κ2) is 6.69. The molecule has 0 aromatic carbocycles. The Labute approximate surface area is 72.4 Å². The van der Waals surface area contributed by atoms with E-state index in [1.807, 2.05) is 0 Å². The van der Waals surface area contributed by atoms with Gasteiger partial charge in [0.1, 0.15) is 0 Å². The van der Waals surface area contributed by atoms with Crippen molar-refractivity contribution in [2.45, 2.75) is 59.8 Å². The van der Waals surface area contributed by atoms with Crippen molar-refractivity contribution in [3.8, 4) is 0 Å². The Morgan fingerprint density at radius 3 is 1.45 bits per heavy atom. The van der Waals surface area contributed by atoms with Crippen molar-refractivity contribution in [1.82, 2.24) is 0 Å². The van der Waals surface area contributed by atoms with E-state index in [2.05, 4.69) is 27.7 Å². The van der Waals surface area contributed by atoms with Crippen LogP contribution in [0.3, 0.4) is 0 Å². The Kier molecular flexibility index (Phi) is 6.69. The van der Waals surface area contributed by atoms with Crippen molar-refractivity contribution in [2.75, 3.05) is 0 Å². The van der Waals surface area contributed by atoms with E-state index in [0.717, 1.165) is 11.8 Å². The first-order valence-corrected chi connectivity index (χ1v) is 5.13. The van der Waals surface area contributed by atoms with Crippen LogP contribution in [0.15, 0.2) is 0 Å². The quantitative estimate of drug-likeness (QED) is 0.492. The maximum atomic E-state index is 2.36. The molecule has 1 fully saturated rings. The molecule has 0 radical (unpaired) electrons. The summed E-state index contributed by atoms with van der Waals surface area (Å²) in [6.45, 7) is 8.86. The van der Waals surface area contributed by atoms with E-state index in [1.165, 1.54) is 32.1 Å². The largest absolute Gasteiger partial charge is 0.0630 e. The topological polar surface area (TPSA) is 0 Å². The standard InChI is InChI=1S/C7H14.C4H10/c1-7-5-3-2-4-6-7;1-4(2)3/h7H,2-6H2,1H3;4H,1-3H3. The number of hydrogen-bond acceptors (Lipinski definition) is 0. The summed E-state index contributed by atoms with van der Waals surface area (Å²) in [5.41, 5.74) is 0. The third-order valence-electron chi connectivity index (χ3n) is 1.89. The van der Waals surface area contributed by atoms with Crippen molar-refractivity contribution < 1.29 is 0 Å². The number of rotatable bonds is 0. The fourth-order valence-electron chi connectivity index (χ4n) is 1.31. The molecule has 0 N–H and O–H groups in total. The minimum Gasteiger partial charge on any atom is -0.0630 e.